The third kappa shape index (κ3) is 5.25. The first kappa shape index (κ1) is 23.4. The summed E-state index contributed by atoms with van der Waals surface area (Å²) < 4.78 is 41.1. The maximum absolute atomic E-state index is 12.8. The summed E-state index contributed by atoms with van der Waals surface area (Å²) in [6.07, 6.45) is -2.46. The van der Waals surface area contributed by atoms with Crippen molar-refractivity contribution in [2.24, 2.45) is 0 Å². The largest absolute Gasteiger partial charge is 0.481 e. The van der Waals surface area contributed by atoms with Crippen LogP contribution >= 0.6 is 23.1 Å². The minimum Gasteiger partial charge on any atom is -0.481 e. The highest BCUT2D eigenvalue weighted by atomic mass is 32.2. The quantitative estimate of drug-likeness (QED) is 0.285. The van der Waals surface area contributed by atoms with Gasteiger partial charge in [-0.1, -0.05) is 13.0 Å². The fraction of sp³-hybridized carbons (Fsp3) is 0.250. The maximum atomic E-state index is 12.8. The van der Waals surface area contributed by atoms with Crippen LogP contribution in [0.3, 0.4) is 0 Å². The average molecular weight is 491 g/mol. The van der Waals surface area contributed by atoms with Crippen LogP contribution in [0.2, 0.25) is 0 Å². The molecule has 4 nitrogen and oxygen atoms in total. The number of nitrogens with zero attached hydrogens (tertiary/aromatic N) is 2. The van der Waals surface area contributed by atoms with Crippen molar-refractivity contribution < 1.29 is 23.1 Å². The summed E-state index contributed by atoms with van der Waals surface area (Å²) in [4.78, 5) is 12.1. The molecule has 0 saturated heterocycles. The molecule has 33 heavy (non-hydrogen) atoms. The molecule has 4 aromatic rings. The molecule has 0 bridgehead atoms. The van der Waals surface area contributed by atoms with E-state index in [4.69, 9.17) is 5.11 Å². The zero-order valence-corrected chi connectivity index (χ0v) is 19.5. The predicted molar refractivity (Wildman–Crippen MR) is 126 cm³/mol. The van der Waals surface area contributed by atoms with Gasteiger partial charge in [-0.3, -0.25) is 4.79 Å². The van der Waals surface area contributed by atoms with Crippen LogP contribution in [0.15, 0.2) is 58.9 Å². The van der Waals surface area contributed by atoms with Crippen molar-refractivity contribution in [2.75, 3.05) is 5.75 Å². The molecule has 172 valence electrons. The molecule has 0 aliphatic carbocycles. The van der Waals surface area contributed by atoms with Crippen molar-refractivity contribution in [1.82, 2.24) is 9.78 Å². The number of carbonyl (C=O) groups is 1. The van der Waals surface area contributed by atoms with E-state index in [0.717, 1.165) is 49.7 Å². The van der Waals surface area contributed by atoms with Crippen LogP contribution in [0, 0.1) is 6.92 Å². The standard InChI is InChI=1S/C24H21F3N2O2S2/c1-14(12-32-19-7-8-20-16(9-23(30)31)13-33-22(20)10-19)21-11-29(28-15(21)2)18-5-3-17(4-6-18)24(25,26)27/h3-8,10-11,13-14H,9,12H2,1-2H3,(H,30,31). The molecule has 0 aliphatic rings. The van der Waals surface area contributed by atoms with E-state index in [2.05, 4.69) is 18.1 Å². The number of aryl methyl sites for hydroxylation is 1. The van der Waals surface area contributed by atoms with Gasteiger partial charge in [-0.05, 0) is 71.1 Å². The van der Waals surface area contributed by atoms with Crippen LogP contribution in [0.1, 0.15) is 35.2 Å². The molecule has 0 radical (unpaired) electrons. The zero-order chi connectivity index (χ0) is 23.8. The molecule has 4 rings (SSSR count). The highest BCUT2D eigenvalue weighted by molar-refractivity contribution is 7.99. The van der Waals surface area contributed by atoms with E-state index >= 15 is 0 Å². The Balaban J connectivity index is 1.45. The third-order valence-corrected chi connectivity index (χ3v) is 7.64. The Labute approximate surface area is 197 Å². The summed E-state index contributed by atoms with van der Waals surface area (Å²) in [6.45, 7) is 4.00. The minimum atomic E-state index is -4.36. The number of fused-ring (bicyclic) bond motifs is 1. The molecular formula is C24H21F3N2O2S2. The smallest absolute Gasteiger partial charge is 0.416 e. The average Bonchev–Trinajstić information content (AvgIpc) is 3.34. The molecule has 0 fully saturated rings. The lowest BCUT2D eigenvalue weighted by atomic mass is 10.1. The summed E-state index contributed by atoms with van der Waals surface area (Å²) >= 11 is 3.25. The van der Waals surface area contributed by atoms with Crippen LogP contribution in [0.4, 0.5) is 13.2 Å². The van der Waals surface area contributed by atoms with Gasteiger partial charge in [0.15, 0.2) is 0 Å². The van der Waals surface area contributed by atoms with Gasteiger partial charge < -0.3 is 5.11 Å². The van der Waals surface area contributed by atoms with E-state index in [1.54, 1.807) is 27.8 Å². The van der Waals surface area contributed by atoms with Gasteiger partial charge in [0.2, 0.25) is 0 Å². The van der Waals surface area contributed by atoms with E-state index in [1.165, 1.54) is 12.1 Å². The SMILES string of the molecule is Cc1nn(-c2ccc(C(F)(F)F)cc2)cc1C(C)CSc1ccc2c(CC(=O)O)csc2c1. The second kappa shape index (κ2) is 9.23. The fourth-order valence-corrected chi connectivity index (χ4v) is 5.72. The van der Waals surface area contributed by atoms with Crippen LogP contribution in [0.5, 0.6) is 0 Å². The van der Waals surface area contributed by atoms with E-state index in [-0.39, 0.29) is 12.3 Å². The predicted octanol–water partition coefficient (Wildman–Crippen LogP) is 6.94. The number of carboxylic acid groups (broad SMARTS) is 1. The Kier molecular flexibility index (Phi) is 6.54. The lowest BCUT2D eigenvalue weighted by Gasteiger charge is -2.10. The van der Waals surface area contributed by atoms with Gasteiger partial charge >= 0.3 is 12.1 Å². The molecule has 0 aliphatic heterocycles. The first-order valence-corrected chi connectivity index (χ1v) is 12.1. The zero-order valence-electron chi connectivity index (χ0n) is 17.9. The van der Waals surface area contributed by atoms with Gasteiger partial charge in [-0.15, -0.1) is 23.1 Å². The Bertz CT molecular complexity index is 1290. The van der Waals surface area contributed by atoms with Crippen molar-refractivity contribution in [2.45, 2.75) is 37.3 Å². The Morgan fingerprint density at radius 1 is 1.21 bits per heavy atom. The van der Waals surface area contributed by atoms with Crippen molar-refractivity contribution >= 4 is 39.2 Å². The van der Waals surface area contributed by atoms with Crippen molar-refractivity contribution in [3.8, 4) is 5.69 Å². The summed E-state index contributed by atoms with van der Waals surface area (Å²) in [5.74, 6) is 0.146. The highest BCUT2D eigenvalue weighted by Gasteiger charge is 2.30. The van der Waals surface area contributed by atoms with Crippen molar-refractivity contribution in [3.05, 3.63) is 76.4 Å². The molecule has 2 heterocycles. The Morgan fingerprint density at radius 3 is 2.61 bits per heavy atom. The molecular weight excluding hydrogens is 469 g/mol. The Morgan fingerprint density at radius 2 is 1.94 bits per heavy atom. The number of hydrogen-bond acceptors (Lipinski definition) is 4. The number of aliphatic carboxylic acids is 1. The van der Waals surface area contributed by atoms with Gasteiger partial charge in [-0.2, -0.15) is 18.3 Å². The number of benzene rings is 2. The number of halogens is 3. The van der Waals surface area contributed by atoms with Crippen LogP contribution in [-0.2, 0) is 17.4 Å². The Hall–Kier alpha value is -2.78. The number of hydrogen-bond donors (Lipinski definition) is 1. The molecule has 2 aromatic heterocycles. The molecule has 0 amide bonds. The number of carboxylic acids is 1. The van der Waals surface area contributed by atoms with Crippen LogP contribution < -0.4 is 0 Å². The summed E-state index contributed by atoms with van der Waals surface area (Å²) in [7, 11) is 0. The second-order valence-corrected chi connectivity index (χ2v) is 9.87. The molecule has 9 heteroatoms. The van der Waals surface area contributed by atoms with Crippen molar-refractivity contribution in [3.63, 3.8) is 0 Å². The normalized spacial score (nSPS) is 12.9. The third-order valence-electron chi connectivity index (χ3n) is 5.40. The van der Waals surface area contributed by atoms with Gasteiger partial charge in [0.05, 0.1) is 23.4 Å². The molecule has 1 N–H and O–H groups in total. The number of thiophene rings is 1. The molecule has 1 unspecified atom stereocenters. The first-order valence-electron chi connectivity index (χ1n) is 10.2. The van der Waals surface area contributed by atoms with Crippen molar-refractivity contribution in [1.29, 1.82) is 0 Å². The van der Waals surface area contributed by atoms with E-state index in [1.807, 2.05) is 30.6 Å². The fourth-order valence-electron chi connectivity index (χ4n) is 3.66. The van der Waals surface area contributed by atoms with Crippen LogP contribution in [0.25, 0.3) is 15.8 Å². The van der Waals surface area contributed by atoms with Crippen LogP contribution in [-0.4, -0.2) is 26.6 Å². The minimum absolute atomic E-state index is 0.0196. The molecule has 0 spiro atoms. The maximum Gasteiger partial charge on any atom is 0.416 e. The lowest BCUT2D eigenvalue weighted by molar-refractivity contribution is -0.138. The number of aromatic nitrogens is 2. The molecule has 2 aromatic carbocycles. The first-order chi connectivity index (χ1) is 15.6. The number of thioether (sulfide) groups is 1. The summed E-state index contributed by atoms with van der Waals surface area (Å²) in [6, 6.07) is 11.0. The van der Waals surface area contributed by atoms with Gasteiger partial charge in [0, 0.05) is 21.5 Å². The lowest BCUT2D eigenvalue weighted by Crippen LogP contribution is -2.05. The number of alkyl halides is 3. The summed E-state index contributed by atoms with van der Waals surface area (Å²) in [5.41, 5.74) is 2.62. The van der Waals surface area contributed by atoms with Gasteiger partial charge in [0.25, 0.3) is 0 Å². The topological polar surface area (TPSA) is 55.1 Å². The monoisotopic (exact) mass is 490 g/mol. The van der Waals surface area contributed by atoms with Gasteiger partial charge in [0.1, 0.15) is 0 Å². The number of rotatable bonds is 7. The van der Waals surface area contributed by atoms with Gasteiger partial charge in [-0.25, -0.2) is 4.68 Å². The second-order valence-electron chi connectivity index (χ2n) is 7.86. The van der Waals surface area contributed by atoms with E-state index in [0.29, 0.717) is 5.69 Å². The molecule has 1 atom stereocenters. The van der Waals surface area contributed by atoms with E-state index < -0.39 is 17.7 Å². The summed E-state index contributed by atoms with van der Waals surface area (Å²) in [5, 5.41) is 16.4. The van der Waals surface area contributed by atoms with E-state index in [9.17, 15) is 18.0 Å². The molecule has 0 saturated carbocycles. The highest BCUT2D eigenvalue weighted by Crippen LogP contribution is 2.34.